The van der Waals surface area contributed by atoms with Gasteiger partial charge in [0.2, 0.25) is 0 Å². The molecule has 1 N–H and O–H groups in total. The zero-order chi connectivity index (χ0) is 26.4. The van der Waals surface area contributed by atoms with Crippen molar-refractivity contribution in [1.29, 1.82) is 0 Å². The molecule has 0 aliphatic carbocycles. The van der Waals surface area contributed by atoms with E-state index in [9.17, 15) is 14.7 Å². The number of hydrogen-bond acceptors (Lipinski definition) is 6. The van der Waals surface area contributed by atoms with E-state index in [1.807, 2.05) is 34.7 Å². The molecule has 2 unspecified atom stereocenters. The van der Waals surface area contributed by atoms with Crippen molar-refractivity contribution in [2.75, 3.05) is 20.3 Å². The molecule has 2 atom stereocenters. The topological polar surface area (TPSA) is 81.0 Å². The highest BCUT2D eigenvalue weighted by Crippen LogP contribution is 2.45. The van der Waals surface area contributed by atoms with E-state index in [0.29, 0.717) is 12.3 Å². The number of aliphatic hydroxyl groups is 1. The molecule has 0 spiro atoms. The quantitative estimate of drug-likeness (QED) is 0.605. The van der Waals surface area contributed by atoms with Crippen LogP contribution in [0.2, 0.25) is 0 Å². The maximum Gasteiger partial charge on any atom is 0.343 e. The molecule has 0 fully saturated rings. The van der Waals surface area contributed by atoms with Crippen LogP contribution in [0.5, 0.6) is 5.75 Å². The number of ether oxygens (including phenoxy) is 2. The lowest BCUT2D eigenvalue weighted by molar-refractivity contribution is -0.0204. The van der Waals surface area contributed by atoms with Gasteiger partial charge in [0.05, 0.1) is 19.4 Å². The average Bonchev–Trinajstić information content (AvgIpc) is 2.81. The lowest BCUT2D eigenvalue weighted by Crippen LogP contribution is -2.42. The van der Waals surface area contributed by atoms with Crippen LogP contribution >= 0.6 is 0 Å². The van der Waals surface area contributed by atoms with Crippen molar-refractivity contribution in [3.8, 4) is 17.0 Å². The van der Waals surface area contributed by atoms with Crippen LogP contribution in [0.1, 0.15) is 69.1 Å². The summed E-state index contributed by atoms with van der Waals surface area (Å²) in [5, 5.41) is 10.7. The fourth-order valence-corrected chi connectivity index (χ4v) is 5.10. The zero-order valence-electron chi connectivity index (χ0n) is 22.2. The number of carbonyl (C=O) groups is 1. The summed E-state index contributed by atoms with van der Waals surface area (Å²) >= 11 is 0. The second-order valence-corrected chi connectivity index (χ2v) is 10.7. The lowest BCUT2D eigenvalue weighted by Gasteiger charge is -2.39. The first-order valence-corrected chi connectivity index (χ1v) is 12.5. The van der Waals surface area contributed by atoms with E-state index in [1.165, 1.54) is 6.07 Å². The Bertz CT molecular complexity index is 1310. The number of allylic oxidation sites excluding steroid dienone is 2. The van der Waals surface area contributed by atoms with Gasteiger partial charge < -0.3 is 24.0 Å². The van der Waals surface area contributed by atoms with Crippen molar-refractivity contribution < 1.29 is 19.4 Å². The lowest BCUT2D eigenvalue weighted by atomic mass is 9.78. The summed E-state index contributed by atoms with van der Waals surface area (Å²) in [4.78, 5) is 27.3. The van der Waals surface area contributed by atoms with E-state index >= 15 is 0 Å². The normalized spacial score (nSPS) is 20.9. The summed E-state index contributed by atoms with van der Waals surface area (Å²) < 4.78 is 13.0. The molecule has 3 heterocycles. The number of rotatable bonds is 5. The number of nitrogens with zero attached hydrogens (tertiary/aromatic N) is 2. The van der Waals surface area contributed by atoms with Crippen molar-refractivity contribution in [2.24, 2.45) is 5.41 Å². The number of benzene rings is 1. The van der Waals surface area contributed by atoms with Gasteiger partial charge in [-0.15, -0.1) is 0 Å². The van der Waals surface area contributed by atoms with Gasteiger partial charge in [0.25, 0.3) is 0 Å². The van der Waals surface area contributed by atoms with Gasteiger partial charge in [-0.1, -0.05) is 26.8 Å². The Kier molecular flexibility index (Phi) is 6.64. The number of likely N-dealkylation sites (N-methyl/N-ethyl adjacent to an activating group) is 1. The first-order valence-electron chi connectivity index (χ1n) is 12.5. The Balaban J connectivity index is 1.92. The molecule has 0 saturated heterocycles. The molecule has 4 rings (SSSR count). The molecular weight excluding hydrogens is 456 g/mol. The molecule has 2 aliphatic heterocycles. The van der Waals surface area contributed by atoms with Gasteiger partial charge in [-0.2, -0.15) is 0 Å². The highest BCUT2D eigenvalue weighted by atomic mass is 16.5. The predicted octanol–water partition coefficient (Wildman–Crippen LogP) is 4.79. The third-order valence-electron chi connectivity index (χ3n) is 7.13. The molecule has 1 aromatic heterocycles. The fourth-order valence-electron chi connectivity index (χ4n) is 5.10. The number of pyridine rings is 1. The largest absolute Gasteiger partial charge is 0.496 e. The maximum absolute atomic E-state index is 13.0. The summed E-state index contributed by atoms with van der Waals surface area (Å²) in [6.45, 7) is 12.8. The van der Waals surface area contributed by atoms with Crippen LogP contribution in [0.15, 0.2) is 47.5 Å². The molecule has 7 heteroatoms. The molecule has 2 aromatic rings. The van der Waals surface area contributed by atoms with Gasteiger partial charge >= 0.3 is 5.97 Å². The SMILES string of the molecule is CCOC(=O)c1cn2c(cc1=O)-c1cc(OC)c(C3=CN(CC)C(C)(O)C=C3)cc1CC2C(C)(C)C. The predicted molar refractivity (Wildman–Crippen MR) is 141 cm³/mol. The fraction of sp³-hybridized carbons (Fsp3) is 0.448. The molecule has 36 heavy (non-hydrogen) atoms. The average molecular weight is 493 g/mol. The molecule has 1 aromatic carbocycles. The summed E-state index contributed by atoms with van der Waals surface area (Å²) in [7, 11) is 1.63. The number of hydrogen-bond donors (Lipinski definition) is 1. The number of fused-ring (bicyclic) bond motifs is 3. The van der Waals surface area contributed by atoms with Gasteiger partial charge in [0, 0.05) is 47.7 Å². The second-order valence-electron chi connectivity index (χ2n) is 10.7. The summed E-state index contributed by atoms with van der Waals surface area (Å²) in [6.07, 6.45) is 8.04. The Morgan fingerprint density at radius 1 is 1.19 bits per heavy atom. The molecule has 0 bridgehead atoms. The number of carbonyl (C=O) groups excluding carboxylic acids is 1. The Labute approximate surface area is 212 Å². The van der Waals surface area contributed by atoms with Crippen molar-refractivity contribution in [3.05, 3.63) is 69.7 Å². The monoisotopic (exact) mass is 492 g/mol. The molecular formula is C29H36N2O5. The van der Waals surface area contributed by atoms with E-state index in [0.717, 1.165) is 34.4 Å². The van der Waals surface area contributed by atoms with E-state index in [1.54, 1.807) is 33.2 Å². The number of methoxy groups -OCH3 is 1. The van der Waals surface area contributed by atoms with Crippen LogP contribution in [-0.4, -0.2) is 46.5 Å². The molecule has 2 aliphatic rings. The first kappa shape index (κ1) is 25.8. The van der Waals surface area contributed by atoms with Crippen molar-refractivity contribution in [1.82, 2.24) is 9.47 Å². The van der Waals surface area contributed by atoms with Crippen LogP contribution in [0.25, 0.3) is 16.8 Å². The maximum atomic E-state index is 13.0. The number of aromatic nitrogens is 1. The van der Waals surface area contributed by atoms with Gasteiger partial charge in [0.1, 0.15) is 11.3 Å². The van der Waals surface area contributed by atoms with Crippen LogP contribution in [0.3, 0.4) is 0 Å². The summed E-state index contributed by atoms with van der Waals surface area (Å²) in [6, 6.07) is 5.65. The van der Waals surface area contributed by atoms with Crippen molar-refractivity contribution in [3.63, 3.8) is 0 Å². The highest BCUT2D eigenvalue weighted by Gasteiger charge is 2.35. The minimum Gasteiger partial charge on any atom is -0.496 e. The minimum atomic E-state index is -1.05. The number of esters is 1. The van der Waals surface area contributed by atoms with Crippen molar-refractivity contribution >= 4 is 11.5 Å². The molecule has 192 valence electrons. The molecule has 0 saturated carbocycles. The molecule has 0 amide bonds. The Morgan fingerprint density at radius 3 is 2.53 bits per heavy atom. The first-order chi connectivity index (χ1) is 16.9. The van der Waals surface area contributed by atoms with Gasteiger partial charge in [0.15, 0.2) is 11.2 Å². The third-order valence-corrected chi connectivity index (χ3v) is 7.13. The van der Waals surface area contributed by atoms with E-state index in [2.05, 4.69) is 26.8 Å². The van der Waals surface area contributed by atoms with Crippen molar-refractivity contribution in [2.45, 2.75) is 59.7 Å². The Hall–Kier alpha value is -3.32. The molecule has 7 nitrogen and oxygen atoms in total. The van der Waals surface area contributed by atoms with E-state index < -0.39 is 11.7 Å². The van der Waals surface area contributed by atoms with Crippen LogP contribution in [0, 0.1) is 5.41 Å². The van der Waals surface area contributed by atoms with Gasteiger partial charge in [-0.25, -0.2) is 4.79 Å². The second kappa shape index (κ2) is 9.28. The molecule has 0 radical (unpaired) electrons. The van der Waals surface area contributed by atoms with Gasteiger partial charge in [-0.3, -0.25) is 4.79 Å². The van der Waals surface area contributed by atoms with Crippen LogP contribution in [-0.2, 0) is 11.2 Å². The van der Waals surface area contributed by atoms with Crippen LogP contribution in [0.4, 0.5) is 0 Å². The highest BCUT2D eigenvalue weighted by molar-refractivity contribution is 5.90. The summed E-state index contributed by atoms with van der Waals surface area (Å²) in [5.74, 6) is 0.0708. The standard InChI is InChI=1S/C29H36N2O5/c1-8-30-16-18(10-11-29(30,6)34)21-12-19-13-26(28(3,4)5)31-17-22(27(33)36-9-2)24(32)15-23(31)20(19)14-25(21)35-7/h10-12,14-17,26,34H,8-9,13H2,1-7H3. The zero-order valence-corrected chi connectivity index (χ0v) is 22.2. The van der Waals surface area contributed by atoms with E-state index in [4.69, 9.17) is 9.47 Å². The minimum absolute atomic E-state index is 0.0128. The van der Waals surface area contributed by atoms with Gasteiger partial charge in [-0.05, 0) is 56.4 Å². The smallest absolute Gasteiger partial charge is 0.343 e. The van der Waals surface area contributed by atoms with E-state index in [-0.39, 0.29) is 29.1 Å². The summed E-state index contributed by atoms with van der Waals surface area (Å²) in [5.41, 5.74) is 3.12. The Morgan fingerprint density at radius 2 is 1.92 bits per heavy atom. The van der Waals surface area contributed by atoms with Crippen LogP contribution < -0.4 is 10.2 Å². The third kappa shape index (κ3) is 4.48.